The molecule has 0 radical (unpaired) electrons. The lowest BCUT2D eigenvalue weighted by atomic mass is 9.88. The molecule has 4 rings (SSSR count). The van der Waals surface area contributed by atoms with Crippen LogP contribution < -0.4 is 17.1 Å². The number of benzene rings is 1. The van der Waals surface area contributed by atoms with Crippen molar-refractivity contribution in [1.29, 1.82) is 0 Å². The summed E-state index contributed by atoms with van der Waals surface area (Å²) in [5.41, 5.74) is 5.66. The van der Waals surface area contributed by atoms with Gasteiger partial charge in [0.15, 0.2) is 0 Å². The molecule has 2 aliphatic heterocycles. The second-order valence-corrected chi connectivity index (χ2v) is 14.8. The Labute approximate surface area is 300 Å². The Kier molecular flexibility index (Phi) is 14.5. The van der Waals surface area contributed by atoms with Crippen molar-refractivity contribution >= 4 is 12.1 Å². The summed E-state index contributed by atoms with van der Waals surface area (Å²) in [6.07, 6.45) is 8.26. The van der Waals surface area contributed by atoms with Gasteiger partial charge in [-0.3, -0.25) is 4.79 Å². The van der Waals surface area contributed by atoms with Crippen LogP contribution in [0.4, 0.5) is 4.79 Å². The number of hydrogen-bond donors (Lipinski definition) is 3. The van der Waals surface area contributed by atoms with Crippen LogP contribution in [0.5, 0.6) is 0 Å². The molecule has 1 aromatic heterocycles. The monoisotopic (exact) mass is 710 g/mol. The minimum absolute atomic E-state index is 0.00351. The molecule has 282 valence electrons. The van der Waals surface area contributed by atoms with Crippen LogP contribution in [0.2, 0.25) is 0 Å². The van der Waals surface area contributed by atoms with Gasteiger partial charge in [-0.2, -0.15) is 0 Å². The first-order valence-electron chi connectivity index (χ1n) is 18.7. The van der Waals surface area contributed by atoms with Gasteiger partial charge in [-0.15, -0.1) is 0 Å². The second-order valence-electron chi connectivity index (χ2n) is 14.8. The average molecular weight is 711 g/mol. The number of aliphatic hydroxyl groups excluding tert-OH is 2. The Morgan fingerprint density at radius 1 is 0.922 bits per heavy atom. The van der Waals surface area contributed by atoms with Crippen molar-refractivity contribution in [3.05, 3.63) is 75.1 Å². The first-order chi connectivity index (χ1) is 24.3. The zero-order valence-corrected chi connectivity index (χ0v) is 30.9. The molecule has 3 heterocycles. The number of esters is 1. The quantitative estimate of drug-likeness (QED) is 0.186. The predicted octanol–water partition coefficient (Wildman–Crippen LogP) is 5.73. The summed E-state index contributed by atoms with van der Waals surface area (Å²) in [4.78, 5) is 53.9. The molecule has 12 heteroatoms. The zero-order chi connectivity index (χ0) is 37.2. The molecule has 1 aromatic carbocycles. The van der Waals surface area contributed by atoms with Crippen molar-refractivity contribution in [2.45, 2.75) is 142 Å². The molecule has 0 fully saturated rings. The maximum Gasteiger partial charge on any atom is 0.404 e. The van der Waals surface area contributed by atoms with Gasteiger partial charge in [-0.1, -0.05) is 76.5 Å². The highest BCUT2D eigenvalue weighted by Crippen LogP contribution is 2.36. The summed E-state index contributed by atoms with van der Waals surface area (Å²) < 4.78 is 15.8. The average Bonchev–Trinajstić information content (AvgIpc) is 3.34. The van der Waals surface area contributed by atoms with Gasteiger partial charge in [-0.05, 0) is 94.8 Å². The van der Waals surface area contributed by atoms with Crippen LogP contribution in [0.15, 0.2) is 63.7 Å². The minimum Gasteiger partial charge on any atom is -0.459 e. The molecule has 0 spiro atoms. The number of rotatable bonds is 7. The molecule has 0 bridgehead atoms. The molecule has 4 N–H and O–H groups in total. The molecule has 2 aromatic rings. The Bertz CT molecular complexity index is 1630. The third-order valence-corrected chi connectivity index (χ3v) is 10.4. The number of carbonyl (C=O) groups is 2. The van der Waals surface area contributed by atoms with Crippen LogP contribution in [-0.2, 0) is 14.3 Å². The largest absolute Gasteiger partial charge is 0.459 e. The minimum atomic E-state index is -1.03. The van der Waals surface area contributed by atoms with Crippen LogP contribution in [0.1, 0.15) is 117 Å². The summed E-state index contributed by atoms with van der Waals surface area (Å²) in [5, 5.41) is 22.0. The number of amides is 1. The van der Waals surface area contributed by atoms with Crippen molar-refractivity contribution in [3.8, 4) is 5.69 Å². The molecule has 1 amide bonds. The van der Waals surface area contributed by atoms with Gasteiger partial charge in [0.05, 0.1) is 29.9 Å². The molecule has 0 saturated heterocycles. The fraction of sp³-hybridized carbons (Fsp3) is 0.641. The summed E-state index contributed by atoms with van der Waals surface area (Å²) >= 11 is 0. The highest BCUT2D eigenvalue weighted by atomic mass is 16.6. The van der Waals surface area contributed by atoms with E-state index in [1.807, 2.05) is 45.1 Å². The summed E-state index contributed by atoms with van der Waals surface area (Å²) in [6, 6.07) is 7.79. The SMILES string of the molecule is CCCCCC1C=C(C)C(C2CC(C)CC=CCCC(O)C(OC(N)=O)CCC(C)CC(O)C(C)C(=O)O2)n2c(=O)n(-c3ccccc3)c(=O)n21. The normalized spacial score (nSPS) is 30.0. The molecular formula is C39H58N4O8. The Balaban J connectivity index is 1.73. The summed E-state index contributed by atoms with van der Waals surface area (Å²) in [6.45, 7) is 9.65. The summed E-state index contributed by atoms with van der Waals surface area (Å²) in [7, 11) is 0. The topological polar surface area (TPSA) is 168 Å². The van der Waals surface area contributed by atoms with Gasteiger partial charge in [0.2, 0.25) is 0 Å². The van der Waals surface area contributed by atoms with Gasteiger partial charge in [0.25, 0.3) is 0 Å². The number of carbonyl (C=O) groups excluding carboxylic acids is 2. The van der Waals surface area contributed by atoms with E-state index in [1.165, 1.54) is 9.25 Å². The van der Waals surface area contributed by atoms with E-state index in [2.05, 4.69) is 6.92 Å². The number of nitrogens with zero attached hydrogens (tertiary/aromatic N) is 3. The zero-order valence-electron chi connectivity index (χ0n) is 30.9. The van der Waals surface area contributed by atoms with Crippen molar-refractivity contribution in [2.24, 2.45) is 23.5 Å². The highest BCUT2D eigenvalue weighted by molar-refractivity contribution is 5.73. The molecule has 12 nitrogen and oxygen atoms in total. The lowest BCUT2D eigenvalue weighted by Gasteiger charge is -2.36. The number of unbranched alkanes of at least 4 members (excludes halogenated alkanes) is 2. The molecule has 0 aliphatic carbocycles. The van der Waals surface area contributed by atoms with Crippen molar-refractivity contribution in [2.75, 3.05) is 0 Å². The van der Waals surface area contributed by atoms with Crippen molar-refractivity contribution < 1.29 is 29.3 Å². The number of allylic oxidation sites excluding steroid dienone is 3. The standard InChI is InChI=1S/C39H58N4O8/c1-6-7-10-18-30-24-27(4)35(43-39(49)41(38(48)42(30)43)29-16-12-9-13-17-29)34-23-25(2)15-11-8-14-19-31(44)33(51-37(40)47)21-20-26(3)22-32(45)28(5)36(46)50-34/h8-9,11-13,16-17,24-26,28,30-35,44-45H,6-7,10,14-15,18-23H2,1-5H3,(H2,40,47). The number of fused-ring (bicyclic) bond motifs is 1. The maximum absolute atomic E-state index is 14.4. The number of aromatic nitrogens is 3. The van der Waals surface area contributed by atoms with Crippen LogP contribution >= 0.6 is 0 Å². The van der Waals surface area contributed by atoms with Crippen LogP contribution in [0, 0.1) is 17.8 Å². The number of cyclic esters (lactones) is 1. The van der Waals surface area contributed by atoms with E-state index in [1.54, 1.807) is 35.9 Å². The number of ether oxygens (including phenoxy) is 2. The second kappa shape index (κ2) is 18.5. The van der Waals surface area contributed by atoms with Gasteiger partial charge in [-0.25, -0.2) is 28.3 Å². The van der Waals surface area contributed by atoms with E-state index in [4.69, 9.17) is 15.2 Å². The van der Waals surface area contributed by atoms with E-state index >= 15 is 0 Å². The van der Waals surface area contributed by atoms with E-state index in [0.717, 1.165) is 24.8 Å². The van der Waals surface area contributed by atoms with Crippen molar-refractivity contribution in [1.82, 2.24) is 13.9 Å². The number of hydrogen-bond acceptors (Lipinski definition) is 8. The van der Waals surface area contributed by atoms with E-state index in [0.29, 0.717) is 50.6 Å². The van der Waals surface area contributed by atoms with Gasteiger partial charge < -0.3 is 25.4 Å². The highest BCUT2D eigenvalue weighted by Gasteiger charge is 2.40. The van der Waals surface area contributed by atoms with E-state index < -0.39 is 59.8 Å². The molecular weight excluding hydrogens is 652 g/mol. The van der Waals surface area contributed by atoms with E-state index in [9.17, 15) is 29.4 Å². The fourth-order valence-electron chi connectivity index (χ4n) is 7.46. The summed E-state index contributed by atoms with van der Waals surface area (Å²) in [5.74, 6) is -1.54. The number of nitrogens with two attached hydrogens (primary N) is 1. The van der Waals surface area contributed by atoms with Crippen LogP contribution in [-0.4, -0.2) is 60.6 Å². The smallest absolute Gasteiger partial charge is 0.404 e. The Hall–Kier alpha value is -3.90. The molecule has 51 heavy (non-hydrogen) atoms. The Morgan fingerprint density at radius 3 is 2.31 bits per heavy atom. The number of aliphatic hydroxyl groups is 2. The Morgan fingerprint density at radius 2 is 1.63 bits per heavy atom. The van der Waals surface area contributed by atoms with Gasteiger partial charge in [0.1, 0.15) is 18.2 Å². The maximum atomic E-state index is 14.4. The number of primary amides is 1. The molecule has 9 atom stereocenters. The third kappa shape index (κ3) is 10.1. The van der Waals surface area contributed by atoms with Crippen LogP contribution in [0.3, 0.4) is 0 Å². The first-order valence-corrected chi connectivity index (χ1v) is 18.7. The lowest BCUT2D eigenvalue weighted by molar-refractivity contribution is -0.160. The number of para-hydroxylation sites is 1. The molecule has 9 unspecified atom stereocenters. The predicted molar refractivity (Wildman–Crippen MR) is 196 cm³/mol. The fourth-order valence-corrected chi connectivity index (χ4v) is 7.46. The van der Waals surface area contributed by atoms with Gasteiger partial charge >= 0.3 is 23.4 Å². The lowest BCUT2D eigenvalue weighted by Crippen LogP contribution is -2.44. The molecule has 0 saturated carbocycles. The van der Waals surface area contributed by atoms with Crippen LogP contribution in [0.25, 0.3) is 5.69 Å². The van der Waals surface area contributed by atoms with Crippen molar-refractivity contribution in [3.63, 3.8) is 0 Å². The van der Waals surface area contributed by atoms with E-state index in [-0.39, 0.29) is 24.3 Å². The molecule has 2 aliphatic rings. The third-order valence-electron chi connectivity index (χ3n) is 10.4. The first kappa shape index (κ1) is 39.9. The van der Waals surface area contributed by atoms with Gasteiger partial charge in [0, 0.05) is 0 Å².